The molecule has 2 aromatic rings. The quantitative estimate of drug-likeness (QED) is 0.559. The van der Waals surface area contributed by atoms with Crippen molar-refractivity contribution in [3.63, 3.8) is 0 Å². The first-order chi connectivity index (χ1) is 15.2. The van der Waals surface area contributed by atoms with Gasteiger partial charge >= 0.3 is 0 Å². The molecule has 2 saturated heterocycles. The van der Waals surface area contributed by atoms with E-state index >= 15 is 0 Å². The van der Waals surface area contributed by atoms with Gasteiger partial charge in [0.25, 0.3) is 0 Å². The van der Waals surface area contributed by atoms with Crippen molar-refractivity contribution >= 4 is 0 Å². The highest BCUT2D eigenvalue weighted by molar-refractivity contribution is 5.44. The smallest absolute Gasteiger partial charge is 0.173 e. The molecule has 0 radical (unpaired) electrons. The summed E-state index contributed by atoms with van der Waals surface area (Å²) in [6.45, 7) is 9.94. The van der Waals surface area contributed by atoms with E-state index < -0.39 is 0 Å². The Balaban J connectivity index is 1.69. The Bertz CT molecular complexity index is 859. The normalized spacial score (nSPS) is 21.2. The van der Waals surface area contributed by atoms with Crippen LogP contribution in [0.3, 0.4) is 0 Å². The van der Waals surface area contributed by atoms with Crippen LogP contribution in [0.2, 0.25) is 0 Å². The number of ether oxygens (including phenoxy) is 3. The van der Waals surface area contributed by atoms with E-state index in [9.17, 15) is 0 Å². The number of rotatable bonds is 9. The fourth-order valence-corrected chi connectivity index (χ4v) is 4.46. The van der Waals surface area contributed by atoms with Gasteiger partial charge in [-0.05, 0) is 41.5 Å². The minimum Gasteiger partial charge on any atom is -0.497 e. The van der Waals surface area contributed by atoms with E-state index in [-0.39, 0.29) is 12.1 Å². The molecule has 31 heavy (non-hydrogen) atoms. The molecule has 9 nitrogen and oxygen atoms in total. The van der Waals surface area contributed by atoms with Crippen LogP contribution < -0.4 is 9.47 Å². The largest absolute Gasteiger partial charge is 0.497 e. The number of nitrogens with zero attached hydrogens (tertiary/aromatic N) is 6. The highest BCUT2D eigenvalue weighted by atomic mass is 16.5. The van der Waals surface area contributed by atoms with E-state index in [1.807, 2.05) is 29.0 Å². The zero-order valence-electron chi connectivity index (χ0n) is 18.4. The lowest BCUT2D eigenvalue weighted by Gasteiger charge is -2.39. The zero-order chi connectivity index (χ0) is 21.6. The average molecular weight is 429 g/mol. The molecule has 0 N–H and O–H groups in total. The lowest BCUT2D eigenvalue weighted by molar-refractivity contribution is 0.0865. The molecule has 2 fully saturated rings. The van der Waals surface area contributed by atoms with Crippen LogP contribution in [0.25, 0.3) is 0 Å². The van der Waals surface area contributed by atoms with Gasteiger partial charge in [0, 0.05) is 44.9 Å². The molecule has 4 rings (SSSR count). The van der Waals surface area contributed by atoms with Crippen LogP contribution in [0.5, 0.6) is 11.5 Å². The maximum absolute atomic E-state index is 5.84. The summed E-state index contributed by atoms with van der Waals surface area (Å²) in [4.78, 5) is 4.83. The predicted molar refractivity (Wildman–Crippen MR) is 116 cm³/mol. The summed E-state index contributed by atoms with van der Waals surface area (Å²) in [6.07, 6.45) is 4.23. The van der Waals surface area contributed by atoms with E-state index in [0.29, 0.717) is 6.54 Å². The van der Waals surface area contributed by atoms with Crippen LogP contribution in [0, 0.1) is 0 Å². The Labute approximate surface area is 183 Å². The molecule has 1 aromatic heterocycles. The number of aromatic nitrogens is 4. The van der Waals surface area contributed by atoms with Gasteiger partial charge in [-0.2, -0.15) is 0 Å². The summed E-state index contributed by atoms with van der Waals surface area (Å²) in [5.74, 6) is 2.38. The van der Waals surface area contributed by atoms with Crippen molar-refractivity contribution < 1.29 is 14.2 Å². The molecule has 0 saturated carbocycles. The van der Waals surface area contributed by atoms with Crippen molar-refractivity contribution in [1.29, 1.82) is 0 Å². The second kappa shape index (κ2) is 10.2. The standard InChI is InChI=1S/C22H32N6O3/c1-4-9-26-10-12-27(13-11-26)21(19-15-17(29-2)7-8-20(19)30-3)22-23-24-25-28(22)16-18-6-5-14-31-18/h4,7-8,15,18,21H,1,5-6,9-14,16H2,2-3H3/t18-,21+/m1/s1. The fraction of sp³-hybridized carbons (Fsp3) is 0.591. The van der Waals surface area contributed by atoms with Gasteiger partial charge in [0.05, 0.1) is 26.9 Å². The maximum atomic E-state index is 5.84. The molecule has 2 aliphatic rings. The lowest BCUT2D eigenvalue weighted by Crippen LogP contribution is -2.48. The van der Waals surface area contributed by atoms with Crippen molar-refractivity contribution in [1.82, 2.24) is 30.0 Å². The van der Waals surface area contributed by atoms with Crippen molar-refractivity contribution in [3.05, 3.63) is 42.2 Å². The van der Waals surface area contributed by atoms with Gasteiger partial charge in [-0.3, -0.25) is 9.80 Å². The highest BCUT2D eigenvalue weighted by Crippen LogP contribution is 2.37. The first kappa shape index (κ1) is 21.7. The van der Waals surface area contributed by atoms with E-state index in [2.05, 4.69) is 31.9 Å². The van der Waals surface area contributed by atoms with Gasteiger partial charge in [0.1, 0.15) is 17.5 Å². The number of methoxy groups -OCH3 is 2. The van der Waals surface area contributed by atoms with E-state index in [1.54, 1.807) is 14.2 Å². The fourth-order valence-electron chi connectivity index (χ4n) is 4.46. The van der Waals surface area contributed by atoms with E-state index in [0.717, 1.165) is 75.1 Å². The summed E-state index contributed by atoms with van der Waals surface area (Å²) in [5, 5.41) is 12.8. The number of benzene rings is 1. The van der Waals surface area contributed by atoms with Crippen LogP contribution in [0.4, 0.5) is 0 Å². The molecule has 2 aliphatic heterocycles. The predicted octanol–water partition coefficient (Wildman–Crippen LogP) is 1.76. The topological polar surface area (TPSA) is 77.8 Å². The van der Waals surface area contributed by atoms with Crippen LogP contribution in [0.15, 0.2) is 30.9 Å². The molecule has 0 aliphatic carbocycles. The number of piperazine rings is 1. The molecule has 1 aromatic carbocycles. The second-order valence-corrected chi connectivity index (χ2v) is 7.99. The molecular weight excluding hydrogens is 396 g/mol. The Morgan fingerprint density at radius 1 is 1.23 bits per heavy atom. The van der Waals surface area contributed by atoms with Crippen molar-refractivity contribution in [2.75, 3.05) is 53.6 Å². The molecular formula is C22H32N6O3. The molecule has 0 amide bonds. The molecule has 0 bridgehead atoms. The third kappa shape index (κ3) is 4.89. The third-order valence-corrected chi connectivity index (χ3v) is 6.10. The Morgan fingerprint density at radius 2 is 2.06 bits per heavy atom. The van der Waals surface area contributed by atoms with Gasteiger partial charge in [-0.25, -0.2) is 4.68 Å². The molecule has 168 valence electrons. The summed E-state index contributed by atoms with van der Waals surface area (Å²) >= 11 is 0. The summed E-state index contributed by atoms with van der Waals surface area (Å²) in [6, 6.07) is 5.75. The summed E-state index contributed by atoms with van der Waals surface area (Å²) in [7, 11) is 3.37. The first-order valence-corrected chi connectivity index (χ1v) is 10.9. The molecule has 0 unspecified atom stereocenters. The highest BCUT2D eigenvalue weighted by Gasteiger charge is 2.33. The van der Waals surface area contributed by atoms with Gasteiger partial charge in [-0.1, -0.05) is 6.08 Å². The number of tetrazole rings is 1. The monoisotopic (exact) mass is 428 g/mol. The van der Waals surface area contributed by atoms with E-state index in [1.165, 1.54) is 0 Å². The Hall–Kier alpha value is -2.49. The second-order valence-electron chi connectivity index (χ2n) is 7.99. The maximum Gasteiger partial charge on any atom is 0.173 e. The SMILES string of the molecule is C=CCN1CCN([C@@H](c2cc(OC)ccc2OC)c2nnnn2C[C@H]2CCCO2)CC1. The van der Waals surface area contributed by atoms with E-state index in [4.69, 9.17) is 14.2 Å². The summed E-state index contributed by atoms with van der Waals surface area (Å²) in [5.41, 5.74) is 1.00. The first-order valence-electron chi connectivity index (χ1n) is 10.9. The molecule has 3 heterocycles. The van der Waals surface area contributed by atoms with Crippen LogP contribution >= 0.6 is 0 Å². The number of hydrogen-bond acceptors (Lipinski definition) is 8. The van der Waals surface area contributed by atoms with Gasteiger partial charge in [0.15, 0.2) is 5.82 Å². The van der Waals surface area contributed by atoms with Crippen molar-refractivity contribution in [2.45, 2.75) is 31.5 Å². The van der Waals surface area contributed by atoms with Gasteiger partial charge < -0.3 is 14.2 Å². The van der Waals surface area contributed by atoms with Crippen molar-refractivity contribution in [3.8, 4) is 11.5 Å². The number of hydrogen-bond donors (Lipinski definition) is 0. The minimum atomic E-state index is -0.146. The van der Waals surface area contributed by atoms with Crippen molar-refractivity contribution in [2.24, 2.45) is 0 Å². The summed E-state index contributed by atoms with van der Waals surface area (Å²) < 4.78 is 19.0. The minimum absolute atomic E-state index is 0.146. The average Bonchev–Trinajstić information content (AvgIpc) is 3.48. The van der Waals surface area contributed by atoms with Gasteiger partial charge in [-0.15, -0.1) is 11.7 Å². The molecule has 2 atom stereocenters. The van der Waals surface area contributed by atoms with Crippen LogP contribution in [-0.4, -0.2) is 89.7 Å². The zero-order valence-corrected chi connectivity index (χ0v) is 18.4. The van der Waals surface area contributed by atoms with Crippen LogP contribution in [-0.2, 0) is 11.3 Å². The lowest BCUT2D eigenvalue weighted by atomic mass is 10.0. The third-order valence-electron chi connectivity index (χ3n) is 6.10. The van der Waals surface area contributed by atoms with Crippen LogP contribution in [0.1, 0.15) is 30.3 Å². The Morgan fingerprint density at radius 3 is 2.74 bits per heavy atom. The molecule has 9 heteroatoms. The Kier molecular flexibility index (Phi) is 7.16. The molecule has 0 spiro atoms. The van der Waals surface area contributed by atoms with Gasteiger partial charge in [0.2, 0.25) is 0 Å².